The van der Waals surface area contributed by atoms with Crippen LogP contribution in [0.5, 0.6) is 5.75 Å². The van der Waals surface area contributed by atoms with Crippen molar-refractivity contribution < 1.29 is 14.3 Å². The number of hydrogen-bond acceptors (Lipinski definition) is 7. The summed E-state index contributed by atoms with van der Waals surface area (Å²) in [4.78, 5) is 33.7. The van der Waals surface area contributed by atoms with E-state index in [-0.39, 0.29) is 23.8 Å². The quantitative estimate of drug-likeness (QED) is 0.533. The zero-order valence-electron chi connectivity index (χ0n) is 18.8. The number of benzene rings is 1. The smallest absolute Gasteiger partial charge is 0.275 e. The maximum atomic E-state index is 13.3. The highest BCUT2D eigenvalue weighted by Crippen LogP contribution is 2.28. The van der Waals surface area contributed by atoms with Crippen LogP contribution in [0.2, 0.25) is 0 Å². The first kappa shape index (κ1) is 22.8. The fraction of sp³-hybridized carbons (Fsp3) is 0.375. The van der Waals surface area contributed by atoms with E-state index in [1.54, 1.807) is 31.6 Å². The molecule has 3 aromatic rings. The van der Waals surface area contributed by atoms with Crippen molar-refractivity contribution in [3.8, 4) is 5.75 Å². The van der Waals surface area contributed by atoms with Gasteiger partial charge in [-0.15, -0.1) is 0 Å². The van der Waals surface area contributed by atoms with Crippen molar-refractivity contribution in [2.75, 3.05) is 27.2 Å². The van der Waals surface area contributed by atoms with Crippen LogP contribution in [0.25, 0.3) is 0 Å². The van der Waals surface area contributed by atoms with E-state index in [1.807, 2.05) is 35.0 Å². The second-order valence-electron chi connectivity index (χ2n) is 8.20. The Kier molecular flexibility index (Phi) is 7.29. The van der Waals surface area contributed by atoms with Crippen molar-refractivity contribution in [1.82, 2.24) is 23.5 Å². The van der Waals surface area contributed by atoms with Crippen LogP contribution in [0.3, 0.4) is 0 Å². The monoisotopic (exact) mass is 465 g/mol. The normalized spacial score (nSPS) is 15.2. The van der Waals surface area contributed by atoms with Crippen LogP contribution >= 0.6 is 11.7 Å². The number of likely N-dealkylation sites (N-methyl/N-ethyl adjacent to an activating group) is 1. The number of methoxy groups -OCH3 is 1. The van der Waals surface area contributed by atoms with Crippen molar-refractivity contribution in [2.45, 2.75) is 25.3 Å². The minimum atomic E-state index is -0.0775. The van der Waals surface area contributed by atoms with Gasteiger partial charge in [0, 0.05) is 38.6 Å². The van der Waals surface area contributed by atoms with Gasteiger partial charge >= 0.3 is 0 Å². The molecular formula is C24H27N5O3S. The highest BCUT2D eigenvalue weighted by Gasteiger charge is 2.33. The van der Waals surface area contributed by atoms with Gasteiger partial charge < -0.3 is 14.5 Å². The lowest BCUT2D eigenvalue weighted by molar-refractivity contribution is 0.0520. The Morgan fingerprint density at radius 2 is 2.03 bits per heavy atom. The average molecular weight is 466 g/mol. The summed E-state index contributed by atoms with van der Waals surface area (Å²) in [6, 6.07) is 11.5. The Balaban J connectivity index is 1.52. The molecule has 0 radical (unpaired) electrons. The molecule has 0 N–H and O–H groups in total. The molecule has 1 aliphatic rings. The van der Waals surface area contributed by atoms with Gasteiger partial charge in [0.25, 0.3) is 11.8 Å². The fourth-order valence-corrected chi connectivity index (χ4v) is 4.82. The molecule has 1 atom stereocenters. The summed E-state index contributed by atoms with van der Waals surface area (Å²) in [7, 11) is 3.51. The third-order valence-corrected chi connectivity index (χ3v) is 6.73. The summed E-state index contributed by atoms with van der Waals surface area (Å²) in [6.07, 6.45) is 7.10. The van der Waals surface area contributed by atoms with Crippen molar-refractivity contribution in [1.29, 1.82) is 0 Å². The van der Waals surface area contributed by atoms with E-state index in [4.69, 9.17) is 4.74 Å². The summed E-state index contributed by atoms with van der Waals surface area (Å²) in [5.74, 6) is 0.915. The molecule has 0 saturated carbocycles. The number of amides is 2. The predicted molar refractivity (Wildman–Crippen MR) is 125 cm³/mol. The molecule has 4 rings (SSSR count). The molecule has 0 bridgehead atoms. The molecule has 9 heteroatoms. The Morgan fingerprint density at radius 3 is 2.70 bits per heavy atom. The SMILES string of the molecule is COc1cccc(CC(C2CCN(C(=O)c3cnsn3)CC2)N(C)C(=O)c2cccnc2)c1. The number of aromatic nitrogens is 3. The molecule has 1 aliphatic heterocycles. The van der Waals surface area contributed by atoms with Crippen LogP contribution in [-0.2, 0) is 6.42 Å². The Bertz CT molecular complexity index is 1070. The van der Waals surface area contributed by atoms with Gasteiger partial charge in [-0.2, -0.15) is 8.75 Å². The second-order valence-corrected chi connectivity index (χ2v) is 8.76. The lowest BCUT2D eigenvalue weighted by Crippen LogP contribution is -2.48. The molecule has 172 valence electrons. The standard InChI is InChI=1S/C24H27N5O3S/c1-28(23(30)19-6-4-10-25-15-19)22(14-17-5-3-7-20(13-17)32-2)18-8-11-29(12-9-18)24(31)21-16-26-33-27-21/h3-7,10,13,15-16,18,22H,8-9,11-12,14H2,1-2H3. The third-order valence-electron chi connectivity index (χ3n) is 6.26. The van der Waals surface area contributed by atoms with E-state index >= 15 is 0 Å². The largest absolute Gasteiger partial charge is 0.497 e. The van der Waals surface area contributed by atoms with E-state index < -0.39 is 0 Å². The number of carbonyl (C=O) groups excluding carboxylic acids is 2. The first-order chi connectivity index (χ1) is 16.1. The maximum Gasteiger partial charge on any atom is 0.275 e. The lowest BCUT2D eigenvalue weighted by Gasteiger charge is -2.40. The summed E-state index contributed by atoms with van der Waals surface area (Å²) >= 11 is 1.04. The average Bonchev–Trinajstić information content (AvgIpc) is 3.42. The predicted octanol–water partition coefficient (Wildman–Crippen LogP) is 3.18. The van der Waals surface area contributed by atoms with Gasteiger partial charge in [-0.25, -0.2) is 0 Å². The second kappa shape index (κ2) is 10.5. The first-order valence-electron chi connectivity index (χ1n) is 10.9. The Morgan fingerprint density at radius 1 is 1.21 bits per heavy atom. The van der Waals surface area contributed by atoms with Crippen LogP contribution < -0.4 is 4.74 Å². The molecular weight excluding hydrogens is 438 g/mol. The van der Waals surface area contributed by atoms with E-state index in [2.05, 4.69) is 19.8 Å². The number of hydrogen-bond donors (Lipinski definition) is 0. The molecule has 3 heterocycles. The number of likely N-dealkylation sites (tertiary alicyclic amines) is 1. The molecule has 8 nitrogen and oxygen atoms in total. The van der Waals surface area contributed by atoms with Crippen molar-refractivity contribution in [3.63, 3.8) is 0 Å². The highest BCUT2D eigenvalue weighted by molar-refractivity contribution is 6.99. The minimum absolute atomic E-state index is 0.0250. The van der Waals surface area contributed by atoms with Crippen molar-refractivity contribution in [2.24, 2.45) is 5.92 Å². The Labute approximate surface area is 197 Å². The zero-order valence-corrected chi connectivity index (χ0v) is 19.6. The van der Waals surface area contributed by atoms with Crippen LogP contribution in [0.15, 0.2) is 55.0 Å². The number of carbonyl (C=O) groups is 2. The number of ether oxygens (including phenoxy) is 1. The zero-order chi connectivity index (χ0) is 23.2. The molecule has 0 spiro atoms. The van der Waals surface area contributed by atoms with E-state index in [0.717, 1.165) is 35.9 Å². The van der Waals surface area contributed by atoms with Gasteiger partial charge in [-0.3, -0.25) is 14.6 Å². The molecule has 2 aromatic heterocycles. The van der Waals surface area contributed by atoms with E-state index in [0.29, 0.717) is 30.8 Å². The molecule has 2 amide bonds. The van der Waals surface area contributed by atoms with Crippen LogP contribution in [0, 0.1) is 5.92 Å². The third kappa shape index (κ3) is 5.36. The maximum absolute atomic E-state index is 13.3. The van der Waals surface area contributed by atoms with Crippen LogP contribution in [0.4, 0.5) is 0 Å². The molecule has 33 heavy (non-hydrogen) atoms. The van der Waals surface area contributed by atoms with Gasteiger partial charge in [0.2, 0.25) is 0 Å². The number of piperidine rings is 1. The Hall–Kier alpha value is -3.33. The van der Waals surface area contributed by atoms with E-state index in [1.165, 1.54) is 6.20 Å². The number of rotatable bonds is 7. The molecule has 0 aliphatic carbocycles. The van der Waals surface area contributed by atoms with Crippen molar-refractivity contribution >= 4 is 23.5 Å². The van der Waals surface area contributed by atoms with Gasteiger partial charge in [-0.05, 0) is 55.0 Å². The lowest BCUT2D eigenvalue weighted by atomic mass is 9.84. The van der Waals surface area contributed by atoms with Crippen LogP contribution in [0.1, 0.15) is 39.3 Å². The van der Waals surface area contributed by atoms with Gasteiger partial charge in [0.05, 0.1) is 30.6 Å². The van der Waals surface area contributed by atoms with Crippen molar-refractivity contribution in [3.05, 3.63) is 71.8 Å². The molecule has 1 fully saturated rings. The molecule has 1 saturated heterocycles. The topological polar surface area (TPSA) is 88.5 Å². The fourth-order valence-electron chi connectivity index (χ4n) is 4.41. The van der Waals surface area contributed by atoms with E-state index in [9.17, 15) is 9.59 Å². The summed E-state index contributed by atoms with van der Waals surface area (Å²) in [5.41, 5.74) is 2.08. The number of nitrogens with zero attached hydrogens (tertiary/aromatic N) is 5. The first-order valence-corrected chi connectivity index (χ1v) is 11.7. The van der Waals surface area contributed by atoms with Gasteiger partial charge in [0.1, 0.15) is 5.75 Å². The van der Waals surface area contributed by atoms with Gasteiger partial charge in [-0.1, -0.05) is 12.1 Å². The summed E-state index contributed by atoms with van der Waals surface area (Å²) in [6.45, 7) is 1.26. The van der Waals surface area contributed by atoms with Crippen LogP contribution in [-0.4, -0.2) is 68.6 Å². The summed E-state index contributed by atoms with van der Waals surface area (Å²) in [5, 5.41) is 0. The number of pyridine rings is 1. The minimum Gasteiger partial charge on any atom is -0.497 e. The van der Waals surface area contributed by atoms with Gasteiger partial charge in [0.15, 0.2) is 5.69 Å². The molecule has 1 aromatic carbocycles. The summed E-state index contributed by atoms with van der Waals surface area (Å²) < 4.78 is 13.4. The molecule has 1 unspecified atom stereocenters. The highest BCUT2D eigenvalue weighted by atomic mass is 32.1.